The Labute approximate surface area is 130 Å². The molecule has 3 aromatic rings. The number of imidazole rings is 1. The Balaban J connectivity index is 1.92. The van der Waals surface area contributed by atoms with Crippen molar-refractivity contribution in [2.45, 2.75) is 38.7 Å². The van der Waals surface area contributed by atoms with Gasteiger partial charge in [-0.3, -0.25) is 0 Å². The minimum atomic E-state index is -2.57. The molecule has 1 N–H and O–H groups in total. The summed E-state index contributed by atoms with van der Waals surface area (Å²) < 4.78 is 27.9. The van der Waals surface area contributed by atoms with Crippen molar-refractivity contribution in [2.75, 3.05) is 0 Å². The molecule has 22 heavy (non-hydrogen) atoms. The van der Waals surface area contributed by atoms with Gasteiger partial charge >= 0.3 is 0 Å². The number of halogens is 3. The van der Waals surface area contributed by atoms with Crippen LogP contribution < -0.4 is 0 Å². The van der Waals surface area contributed by atoms with Crippen LogP contribution in [0.15, 0.2) is 12.4 Å². The van der Waals surface area contributed by atoms with Crippen LogP contribution in [0.5, 0.6) is 0 Å². The zero-order chi connectivity index (χ0) is 15.4. The smallest absolute Gasteiger partial charge is 0.278 e. The molecule has 1 aliphatic carbocycles. The molecule has 3 heterocycles. The second-order valence-electron chi connectivity index (χ2n) is 6.11. The van der Waals surface area contributed by atoms with E-state index in [2.05, 4.69) is 21.9 Å². The SMILES string of the molecule is CC1CCC(n2cnc3c4[nH]c(C(F)F)cc4c(Cl)nc32)C1. The number of nitrogens with one attached hydrogen (secondary N) is 1. The summed E-state index contributed by atoms with van der Waals surface area (Å²) in [5.41, 5.74) is 1.65. The van der Waals surface area contributed by atoms with Crippen molar-refractivity contribution in [3.63, 3.8) is 0 Å². The molecule has 0 spiro atoms. The second kappa shape index (κ2) is 4.91. The highest BCUT2D eigenvalue weighted by Crippen LogP contribution is 2.38. The molecule has 2 unspecified atom stereocenters. The van der Waals surface area contributed by atoms with Gasteiger partial charge in [0, 0.05) is 11.4 Å². The van der Waals surface area contributed by atoms with Crippen LogP contribution in [0.2, 0.25) is 5.15 Å². The number of H-pyrrole nitrogens is 1. The zero-order valence-corrected chi connectivity index (χ0v) is 12.7. The summed E-state index contributed by atoms with van der Waals surface area (Å²) in [6.45, 7) is 2.23. The Bertz CT molecular complexity index is 854. The topological polar surface area (TPSA) is 46.5 Å². The summed E-state index contributed by atoms with van der Waals surface area (Å²) in [7, 11) is 0. The summed E-state index contributed by atoms with van der Waals surface area (Å²) in [5.74, 6) is 0.678. The molecule has 0 aromatic carbocycles. The van der Waals surface area contributed by atoms with E-state index in [9.17, 15) is 8.78 Å². The van der Waals surface area contributed by atoms with Gasteiger partial charge < -0.3 is 9.55 Å². The molecule has 2 atom stereocenters. The van der Waals surface area contributed by atoms with E-state index in [4.69, 9.17) is 11.6 Å². The van der Waals surface area contributed by atoms with Gasteiger partial charge in [0.2, 0.25) is 0 Å². The van der Waals surface area contributed by atoms with E-state index in [1.807, 2.05) is 4.57 Å². The molecule has 0 aliphatic heterocycles. The molecule has 0 saturated heterocycles. The lowest BCUT2D eigenvalue weighted by Gasteiger charge is -2.12. The van der Waals surface area contributed by atoms with Crippen molar-refractivity contribution in [3.8, 4) is 0 Å². The van der Waals surface area contributed by atoms with Crippen LogP contribution in [-0.4, -0.2) is 19.5 Å². The molecule has 4 rings (SSSR count). The minimum Gasteiger partial charge on any atom is -0.352 e. The Morgan fingerprint density at radius 3 is 2.91 bits per heavy atom. The molecule has 1 aliphatic rings. The maximum absolute atomic E-state index is 12.9. The maximum Gasteiger partial charge on any atom is 0.278 e. The summed E-state index contributed by atoms with van der Waals surface area (Å²) in [6.07, 6.45) is 2.51. The van der Waals surface area contributed by atoms with E-state index < -0.39 is 6.43 Å². The number of rotatable bonds is 2. The third-order valence-electron chi connectivity index (χ3n) is 4.56. The highest BCUT2D eigenvalue weighted by atomic mass is 35.5. The first-order valence-corrected chi connectivity index (χ1v) is 7.75. The van der Waals surface area contributed by atoms with Crippen LogP contribution >= 0.6 is 11.6 Å². The van der Waals surface area contributed by atoms with E-state index >= 15 is 0 Å². The molecule has 4 nitrogen and oxygen atoms in total. The summed E-state index contributed by atoms with van der Waals surface area (Å²) in [6, 6.07) is 1.70. The largest absolute Gasteiger partial charge is 0.352 e. The second-order valence-corrected chi connectivity index (χ2v) is 6.47. The lowest BCUT2D eigenvalue weighted by Crippen LogP contribution is -2.04. The predicted molar refractivity (Wildman–Crippen MR) is 81.4 cm³/mol. The van der Waals surface area contributed by atoms with Gasteiger partial charge in [0.1, 0.15) is 10.7 Å². The van der Waals surface area contributed by atoms with Crippen LogP contribution in [-0.2, 0) is 0 Å². The quantitative estimate of drug-likeness (QED) is 0.684. The Hall–Kier alpha value is -1.69. The van der Waals surface area contributed by atoms with E-state index in [1.54, 1.807) is 6.33 Å². The predicted octanol–water partition coefficient (Wildman–Crippen LogP) is 4.86. The van der Waals surface area contributed by atoms with Crippen molar-refractivity contribution in [3.05, 3.63) is 23.2 Å². The van der Waals surface area contributed by atoms with Crippen LogP contribution in [0.4, 0.5) is 8.78 Å². The monoisotopic (exact) mass is 324 g/mol. The van der Waals surface area contributed by atoms with Gasteiger partial charge in [-0.25, -0.2) is 18.7 Å². The van der Waals surface area contributed by atoms with Gasteiger partial charge in [-0.2, -0.15) is 0 Å². The first-order chi connectivity index (χ1) is 10.5. The Kier molecular flexibility index (Phi) is 3.11. The van der Waals surface area contributed by atoms with Crippen molar-refractivity contribution in [2.24, 2.45) is 5.92 Å². The van der Waals surface area contributed by atoms with Gasteiger partial charge in [-0.05, 0) is 31.2 Å². The van der Waals surface area contributed by atoms with E-state index in [1.165, 1.54) is 12.5 Å². The van der Waals surface area contributed by atoms with Crippen molar-refractivity contribution < 1.29 is 8.78 Å². The number of pyridine rings is 1. The highest BCUT2D eigenvalue weighted by Gasteiger charge is 2.26. The zero-order valence-electron chi connectivity index (χ0n) is 12.0. The molecular formula is C15H15ClF2N4. The minimum absolute atomic E-state index is 0.157. The standard InChI is InChI=1S/C15H15ClF2N4/c1-7-2-3-8(4-7)22-6-19-12-11-9(13(16)21-15(12)22)5-10(20-11)14(17)18/h5-8,14,20H,2-4H2,1H3. The molecule has 7 heteroatoms. The Morgan fingerprint density at radius 1 is 1.41 bits per heavy atom. The van der Waals surface area contributed by atoms with Crippen LogP contribution in [0.1, 0.15) is 44.3 Å². The molecule has 0 bridgehead atoms. The number of aromatic nitrogens is 4. The number of hydrogen-bond acceptors (Lipinski definition) is 2. The number of hydrogen-bond donors (Lipinski definition) is 1. The van der Waals surface area contributed by atoms with E-state index in [0.29, 0.717) is 34.0 Å². The van der Waals surface area contributed by atoms with Gasteiger partial charge in [0.05, 0.1) is 17.5 Å². The average Bonchev–Trinajstić information content (AvgIpc) is 3.14. The molecule has 0 radical (unpaired) electrons. The van der Waals surface area contributed by atoms with Crippen molar-refractivity contribution in [1.82, 2.24) is 19.5 Å². The lowest BCUT2D eigenvalue weighted by molar-refractivity contribution is 0.147. The maximum atomic E-state index is 12.9. The normalized spacial score (nSPS) is 22.4. The molecule has 1 saturated carbocycles. The first-order valence-electron chi connectivity index (χ1n) is 7.37. The van der Waals surface area contributed by atoms with Crippen LogP contribution in [0.25, 0.3) is 22.1 Å². The number of alkyl halides is 2. The van der Waals surface area contributed by atoms with Gasteiger partial charge in [-0.1, -0.05) is 18.5 Å². The summed E-state index contributed by atoms with van der Waals surface area (Å²) >= 11 is 6.20. The first kappa shape index (κ1) is 13.9. The highest BCUT2D eigenvalue weighted by molar-refractivity contribution is 6.35. The molecule has 3 aromatic heterocycles. The summed E-state index contributed by atoms with van der Waals surface area (Å²) in [5, 5.41) is 0.730. The lowest BCUT2D eigenvalue weighted by atomic mass is 10.1. The number of nitrogens with zero attached hydrogens (tertiary/aromatic N) is 3. The van der Waals surface area contributed by atoms with E-state index in [0.717, 1.165) is 12.8 Å². The van der Waals surface area contributed by atoms with Crippen molar-refractivity contribution in [1.29, 1.82) is 0 Å². The molecule has 0 amide bonds. The van der Waals surface area contributed by atoms with Crippen LogP contribution in [0, 0.1) is 5.92 Å². The fraction of sp³-hybridized carbons (Fsp3) is 0.467. The van der Waals surface area contributed by atoms with Gasteiger partial charge in [0.15, 0.2) is 5.65 Å². The molecule has 1 fully saturated rings. The van der Waals surface area contributed by atoms with Gasteiger partial charge in [0.25, 0.3) is 6.43 Å². The average molecular weight is 325 g/mol. The third kappa shape index (κ3) is 2.00. The fourth-order valence-electron chi connectivity index (χ4n) is 3.43. The summed E-state index contributed by atoms with van der Waals surface area (Å²) in [4.78, 5) is 11.5. The third-order valence-corrected chi connectivity index (χ3v) is 4.85. The van der Waals surface area contributed by atoms with E-state index in [-0.39, 0.29) is 10.8 Å². The van der Waals surface area contributed by atoms with Gasteiger partial charge in [-0.15, -0.1) is 0 Å². The Morgan fingerprint density at radius 2 is 2.23 bits per heavy atom. The molecule has 116 valence electrons. The van der Waals surface area contributed by atoms with Crippen LogP contribution in [0.3, 0.4) is 0 Å². The van der Waals surface area contributed by atoms with Crippen molar-refractivity contribution >= 4 is 33.7 Å². The fourth-order valence-corrected chi connectivity index (χ4v) is 3.66. The number of aromatic amines is 1. The number of fused-ring (bicyclic) bond motifs is 3. The molecular weight excluding hydrogens is 310 g/mol.